The van der Waals surface area contributed by atoms with Crippen LogP contribution in [0.2, 0.25) is 0 Å². The summed E-state index contributed by atoms with van der Waals surface area (Å²) in [5, 5.41) is 9.32. The second-order valence-electron chi connectivity index (χ2n) is 7.01. The Labute approximate surface area is 165 Å². The summed E-state index contributed by atoms with van der Waals surface area (Å²) in [6, 6.07) is 5.09. The molecule has 0 atom stereocenters. The maximum Gasteiger partial charge on any atom is 0.331 e. The van der Waals surface area contributed by atoms with Crippen LogP contribution in [0.4, 0.5) is 0 Å². The average molecular weight is 397 g/mol. The van der Waals surface area contributed by atoms with E-state index in [1.54, 1.807) is 17.0 Å². The number of carbonyl (C=O) groups excluding carboxylic acids is 2. The molecule has 0 bridgehead atoms. The molecule has 1 fully saturated rings. The van der Waals surface area contributed by atoms with Gasteiger partial charge in [-0.15, -0.1) is 0 Å². The molecule has 0 aromatic carbocycles. The fourth-order valence-corrected chi connectivity index (χ4v) is 3.84. The smallest absolute Gasteiger partial charge is 0.331 e. The molecule has 0 spiro atoms. The van der Waals surface area contributed by atoms with Gasteiger partial charge in [-0.05, 0) is 25.0 Å². The van der Waals surface area contributed by atoms with E-state index in [1.807, 2.05) is 6.07 Å². The van der Waals surface area contributed by atoms with Crippen molar-refractivity contribution in [1.82, 2.24) is 18.9 Å². The van der Waals surface area contributed by atoms with Crippen LogP contribution in [-0.4, -0.2) is 56.9 Å². The van der Waals surface area contributed by atoms with Crippen LogP contribution in [0.5, 0.6) is 0 Å². The van der Waals surface area contributed by atoms with E-state index in [2.05, 4.69) is 0 Å². The highest BCUT2D eigenvalue weighted by Crippen LogP contribution is 2.13. The standard InChI is InChI=1S/C19H19N5O5/c20-11-13-14-3-1-5-23(14)19(28)24(17(13)26)12-16(25)21-6-8-22(9-7-21)18(27)15-4-2-10-29-15/h2,4,10H,1,3,5-9,12H2. The molecule has 0 unspecified atom stereocenters. The van der Waals surface area contributed by atoms with Crippen molar-refractivity contribution in [3.05, 3.63) is 56.3 Å². The first-order chi connectivity index (χ1) is 14.0. The highest BCUT2D eigenvalue weighted by atomic mass is 16.3. The lowest BCUT2D eigenvalue weighted by Crippen LogP contribution is -2.53. The Morgan fingerprint density at radius 3 is 2.48 bits per heavy atom. The highest BCUT2D eigenvalue weighted by molar-refractivity contribution is 5.91. The zero-order valence-electron chi connectivity index (χ0n) is 15.7. The van der Waals surface area contributed by atoms with Gasteiger partial charge in [-0.1, -0.05) is 0 Å². The molecule has 2 aromatic rings. The summed E-state index contributed by atoms with van der Waals surface area (Å²) < 4.78 is 7.37. The van der Waals surface area contributed by atoms with E-state index in [0.717, 1.165) is 4.57 Å². The number of amides is 2. The number of piperazine rings is 1. The van der Waals surface area contributed by atoms with E-state index >= 15 is 0 Å². The van der Waals surface area contributed by atoms with Crippen molar-refractivity contribution in [2.24, 2.45) is 0 Å². The normalized spacial score (nSPS) is 15.8. The molecule has 1 saturated heterocycles. The minimum atomic E-state index is -0.717. The van der Waals surface area contributed by atoms with Crippen LogP contribution < -0.4 is 11.2 Å². The van der Waals surface area contributed by atoms with E-state index in [9.17, 15) is 24.4 Å². The van der Waals surface area contributed by atoms with E-state index in [-0.39, 0.29) is 30.3 Å². The van der Waals surface area contributed by atoms with E-state index in [0.29, 0.717) is 38.2 Å². The molecule has 0 saturated carbocycles. The molecule has 2 aromatic heterocycles. The summed E-state index contributed by atoms with van der Waals surface area (Å²) in [6.07, 6.45) is 2.62. The molecule has 4 rings (SSSR count). The number of hydrogen-bond acceptors (Lipinski definition) is 6. The molecule has 10 heteroatoms. The first kappa shape index (κ1) is 18.7. The van der Waals surface area contributed by atoms with Crippen molar-refractivity contribution < 1.29 is 14.0 Å². The first-order valence-corrected chi connectivity index (χ1v) is 9.38. The van der Waals surface area contributed by atoms with Crippen LogP contribution in [0, 0.1) is 11.3 Å². The minimum absolute atomic E-state index is 0.0660. The van der Waals surface area contributed by atoms with Gasteiger partial charge in [0.1, 0.15) is 18.2 Å². The number of nitrogens with zero attached hydrogens (tertiary/aromatic N) is 5. The summed E-state index contributed by atoms with van der Waals surface area (Å²) >= 11 is 0. The number of fused-ring (bicyclic) bond motifs is 1. The Morgan fingerprint density at radius 2 is 1.83 bits per heavy atom. The van der Waals surface area contributed by atoms with Crippen molar-refractivity contribution in [2.45, 2.75) is 25.9 Å². The van der Waals surface area contributed by atoms with Crippen molar-refractivity contribution in [3.63, 3.8) is 0 Å². The van der Waals surface area contributed by atoms with Gasteiger partial charge in [0.05, 0.1) is 6.26 Å². The summed E-state index contributed by atoms with van der Waals surface area (Å²) in [5.41, 5.74) is -0.882. The second kappa shape index (κ2) is 7.43. The fraction of sp³-hybridized carbons (Fsp3) is 0.421. The largest absolute Gasteiger partial charge is 0.459 e. The Balaban J connectivity index is 1.48. The maximum atomic E-state index is 12.7. The Hall–Kier alpha value is -3.61. The quantitative estimate of drug-likeness (QED) is 0.682. The lowest BCUT2D eigenvalue weighted by molar-refractivity contribution is -0.133. The third-order valence-corrected chi connectivity index (χ3v) is 5.39. The van der Waals surface area contributed by atoms with Crippen LogP contribution in [0.3, 0.4) is 0 Å². The van der Waals surface area contributed by atoms with Crippen LogP contribution in [0.25, 0.3) is 0 Å². The van der Waals surface area contributed by atoms with Gasteiger partial charge in [0.2, 0.25) is 5.91 Å². The third-order valence-electron chi connectivity index (χ3n) is 5.39. The lowest BCUT2D eigenvalue weighted by atomic mass is 10.2. The molecule has 2 aliphatic rings. The molecule has 29 heavy (non-hydrogen) atoms. The van der Waals surface area contributed by atoms with Crippen molar-refractivity contribution in [1.29, 1.82) is 5.26 Å². The van der Waals surface area contributed by atoms with Gasteiger partial charge in [-0.3, -0.25) is 19.0 Å². The van der Waals surface area contributed by atoms with Crippen molar-refractivity contribution in [3.8, 4) is 6.07 Å². The van der Waals surface area contributed by atoms with E-state index in [1.165, 1.54) is 15.7 Å². The van der Waals surface area contributed by atoms with Crippen LogP contribution in [0.1, 0.15) is 28.2 Å². The molecule has 0 N–H and O–H groups in total. The lowest BCUT2D eigenvalue weighted by Gasteiger charge is -2.34. The third kappa shape index (κ3) is 3.24. The molecule has 4 heterocycles. The Bertz CT molecular complexity index is 1110. The molecule has 0 aliphatic carbocycles. The minimum Gasteiger partial charge on any atom is -0.459 e. The van der Waals surface area contributed by atoms with Crippen molar-refractivity contribution >= 4 is 11.8 Å². The van der Waals surface area contributed by atoms with Gasteiger partial charge < -0.3 is 14.2 Å². The van der Waals surface area contributed by atoms with Crippen molar-refractivity contribution in [2.75, 3.05) is 26.2 Å². The van der Waals surface area contributed by atoms with Crippen LogP contribution >= 0.6 is 0 Å². The Morgan fingerprint density at radius 1 is 1.10 bits per heavy atom. The predicted molar refractivity (Wildman–Crippen MR) is 99.2 cm³/mol. The zero-order chi connectivity index (χ0) is 20.5. The number of furan rings is 1. The Kier molecular flexibility index (Phi) is 4.80. The molecule has 0 radical (unpaired) electrons. The van der Waals surface area contributed by atoms with Crippen LogP contribution in [-0.2, 0) is 24.3 Å². The second-order valence-corrected chi connectivity index (χ2v) is 7.01. The van der Waals surface area contributed by atoms with Gasteiger partial charge in [-0.25, -0.2) is 9.36 Å². The average Bonchev–Trinajstić information content (AvgIpc) is 3.43. The van der Waals surface area contributed by atoms with Gasteiger partial charge in [0.25, 0.3) is 11.5 Å². The number of aromatic nitrogens is 2. The zero-order valence-corrected chi connectivity index (χ0v) is 15.7. The van der Waals surface area contributed by atoms with Crippen LogP contribution in [0.15, 0.2) is 32.4 Å². The molecular weight excluding hydrogens is 378 g/mol. The van der Waals surface area contributed by atoms with Gasteiger partial charge >= 0.3 is 5.69 Å². The number of nitriles is 1. The molecule has 150 valence electrons. The molecule has 2 aliphatic heterocycles. The monoisotopic (exact) mass is 397 g/mol. The summed E-state index contributed by atoms with van der Waals surface area (Å²) in [5.74, 6) is -0.392. The summed E-state index contributed by atoms with van der Waals surface area (Å²) in [4.78, 5) is 53.3. The maximum absolute atomic E-state index is 12.7. The SMILES string of the molecule is N#Cc1c2n(c(=O)n(CC(=O)N3CCN(C(=O)c4ccco4)CC3)c1=O)CCC2. The van der Waals surface area contributed by atoms with Gasteiger partial charge in [0.15, 0.2) is 5.76 Å². The summed E-state index contributed by atoms with van der Waals surface area (Å²) in [6.45, 7) is 1.25. The van der Waals surface area contributed by atoms with Gasteiger partial charge in [-0.2, -0.15) is 5.26 Å². The molecule has 2 amide bonds. The fourth-order valence-electron chi connectivity index (χ4n) is 3.84. The highest BCUT2D eigenvalue weighted by Gasteiger charge is 2.28. The number of rotatable bonds is 3. The number of carbonyl (C=O) groups is 2. The van der Waals surface area contributed by atoms with Gasteiger partial charge in [0, 0.05) is 38.4 Å². The number of hydrogen-bond donors (Lipinski definition) is 0. The molecule has 10 nitrogen and oxygen atoms in total. The predicted octanol–water partition coefficient (Wildman–Crippen LogP) is -0.595. The summed E-state index contributed by atoms with van der Waals surface area (Å²) in [7, 11) is 0. The molecular formula is C19H19N5O5. The van der Waals surface area contributed by atoms with E-state index in [4.69, 9.17) is 4.42 Å². The first-order valence-electron chi connectivity index (χ1n) is 9.38. The topological polar surface area (TPSA) is 122 Å². The van der Waals surface area contributed by atoms with E-state index < -0.39 is 23.7 Å².